The van der Waals surface area contributed by atoms with E-state index in [9.17, 15) is 9.59 Å². The van der Waals surface area contributed by atoms with Crippen molar-refractivity contribution in [1.82, 2.24) is 10.3 Å². The van der Waals surface area contributed by atoms with Gasteiger partial charge in [0.25, 0.3) is 0 Å². The summed E-state index contributed by atoms with van der Waals surface area (Å²) in [7, 11) is 3.13. The number of hydrogen-bond donors (Lipinski definition) is 2. The van der Waals surface area contributed by atoms with Crippen LogP contribution in [0.1, 0.15) is 48.6 Å². The first-order valence-electron chi connectivity index (χ1n) is 13.0. The number of carbonyl (C=O) groups is 2. The fourth-order valence-corrected chi connectivity index (χ4v) is 6.10. The Kier molecular flexibility index (Phi) is 7.98. The molecular formula is C30H33N3O4S. The van der Waals surface area contributed by atoms with Crippen molar-refractivity contribution >= 4 is 39.7 Å². The minimum absolute atomic E-state index is 0.120. The van der Waals surface area contributed by atoms with Crippen LogP contribution < -0.4 is 19.7 Å². The second-order valence-electron chi connectivity index (χ2n) is 9.60. The van der Waals surface area contributed by atoms with Crippen LogP contribution in [-0.2, 0) is 16.0 Å². The zero-order valence-corrected chi connectivity index (χ0v) is 22.6. The molecule has 198 valence electrons. The molecule has 2 N–H and O–H groups in total. The Hall–Kier alpha value is -3.78. The van der Waals surface area contributed by atoms with Gasteiger partial charge in [0.15, 0.2) is 11.5 Å². The van der Waals surface area contributed by atoms with Crippen molar-refractivity contribution in [2.24, 2.45) is 0 Å². The molecule has 38 heavy (non-hydrogen) atoms. The summed E-state index contributed by atoms with van der Waals surface area (Å²) in [4.78, 5) is 33.8. The quantitative estimate of drug-likeness (QED) is 0.277. The summed E-state index contributed by atoms with van der Waals surface area (Å²) in [6.07, 6.45) is 7.34. The number of ether oxygens (including phenoxy) is 2. The molecule has 7 nitrogen and oxygen atoms in total. The van der Waals surface area contributed by atoms with Crippen LogP contribution >= 0.6 is 11.3 Å². The Balaban J connectivity index is 1.56. The molecule has 4 aromatic rings. The second-order valence-corrected chi connectivity index (χ2v) is 10.6. The van der Waals surface area contributed by atoms with Crippen LogP contribution in [0.2, 0.25) is 0 Å². The van der Waals surface area contributed by atoms with Gasteiger partial charge in [-0.1, -0.05) is 43.5 Å². The Morgan fingerprint density at radius 1 is 1.03 bits per heavy atom. The van der Waals surface area contributed by atoms with E-state index in [1.165, 1.54) is 17.8 Å². The average molecular weight is 532 g/mol. The maximum Gasteiger partial charge on any atom is 0.248 e. The molecule has 0 aliphatic heterocycles. The highest BCUT2D eigenvalue weighted by Crippen LogP contribution is 2.37. The molecule has 1 aliphatic carbocycles. The van der Waals surface area contributed by atoms with Gasteiger partial charge in [-0.3, -0.25) is 14.5 Å². The number of aromatic nitrogens is 1. The zero-order chi connectivity index (χ0) is 26.5. The smallest absolute Gasteiger partial charge is 0.248 e. The van der Waals surface area contributed by atoms with Crippen molar-refractivity contribution in [1.29, 1.82) is 0 Å². The van der Waals surface area contributed by atoms with Gasteiger partial charge in [-0.2, -0.15) is 0 Å². The molecule has 0 unspecified atom stereocenters. The van der Waals surface area contributed by atoms with Crippen LogP contribution in [0.4, 0.5) is 5.69 Å². The highest BCUT2D eigenvalue weighted by molar-refractivity contribution is 7.10. The van der Waals surface area contributed by atoms with E-state index in [0.29, 0.717) is 17.2 Å². The summed E-state index contributed by atoms with van der Waals surface area (Å²) in [5.74, 6) is 0.702. The normalized spacial score (nSPS) is 14.7. The molecule has 0 saturated heterocycles. The molecule has 2 aromatic carbocycles. The Labute approximate surface area is 226 Å². The van der Waals surface area contributed by atoms with Gasteiger partial charge >= 0.3 is 0 Å². The van der Waals surface area contributed by atoms with Crippen molar-refractivity contribution in [3.63, 3.8) is 0 Å². The number of para-hydroxylation sites is 1. The molecule has 8 heteroatoms. The molecule has 2 aromatic heterocycles. The topological polar surface area (TPSA) is 83.7 Å². The number of H-pyrrole nitrogens is 1. The summed E-state index contributed by atoms with van der Waals surface area (Å²) in [5.41, 5.74) is 2.43. The number of anilines is 1. The molecule has 1 fully saturated rings. The predicted octanol–water partition coefficient (Wildman–Crippen LogP) is 6.01. The summed E-state index contributed by atoms with van der Waals surface area (Å²) in [6.45, 7) is 0. The van der Waals surface area contributed by atoms with E-state index in [1.54, 1.807) is 31.3 Å². The summed E-state index contributed by atoms with van der Waals surface area (Å²) in [6, 6.07) is 16.4. The van der Waals surface area contributed by atoms with E-state index in [-0.39, 0.29) is 24.3 Å². The summed E-state index contributed by atoms with van der Waals surface area (Å²) >= 11 is 1.47. The number of aromatic amines is 1. The van der Waals surface area contributed by atoms with Crippen LogP contribution in [0.15, 0.2) is 66.2 Å². The summed E-state index contributed by atoms with van der Waals surface area (Å²) in [5, 5.41) is 6.19. The van der Waals surface area contributed by atoms with Crippen molar-refractivity contribution in [3.05, 3.63) is 76.6 Å². The van der Waals surface area contributed by atoms with Crippen molar-refractivity contribution in [3.8, 4) is 11.5 Å². The maximum absolute atomic E-state index is 14.2. The average Bonchev–Trinajstić information content (AvgIpc) is 3.62. The van der Waals surface area contributed by atoms with Crippen LogP contribution in [0.25, 0.3) is 10.9 Å². The minimum Gasteiger partial charge on any atom is -0.493 e. The lowest BCUT2D eigenvalue weighted by Gasteiger charge is -2.33. The Bertz CT molecular complexity index is 1390. The van der Waals surface area contributed by atoms with Crippen molar-refractivity contribution in [2.45, 2.75) is 50.6 Å². The minimum atomic E-state index is -0.812. The van der Waals surface area contributed by atoms with Gasteiger partial charge in [0.2, 0.25) is 11.8 Å². The van der Waals surface area contributed by atoms with Gasteiger partial charge in [0.05, 0.1) is 20.6 Å². The fraction of sp³-hybridized carbons (Fsp3) is 0.333. The summed E-state index contributed by atoms with van der Waals surface area (Å²) < 4.78 is 11.0. The zero-order valence-electron chi connectivity index (χ0n) is 21.7. The maximum atomic E-state index is 14.2. The second kappa shape index (κ2) is 11.7. The molecular weight excluding hydrogens is 498 g/mol. The Morgan fingerprint density at radius 3 is 2.55 bits per heavy atom. The molecule has 1 saturated carbocycles. The standard InChI is InChI=1S/C30H33N3O4S/c1-36-25-15-14-22(18-26(25)37-2)33(28(34)17-20-19-31-24-12-7-6-11-23(20)24)29(27-13-8-16-38-27)30(35)32-21-9-4-3-5-10-21/h6-8,11-16,18-19,21,29,31H,3-5,9-10,17H2,1-2H3,(H,32,35)/t29-/m0/s1. The molecule has 1 atom stereocenters. The number of carbonyl (C=O) groups excluding carboxylic acids is 2. The van der Waals surface area contributed by atoms with Gasteiger partial charge in [0, 0.05) is 39.8 Å². The first-order valence-corrected chi connectivity index (χ1v) is 13.9. The number of benzene rings is 2. The Morgan fingerprint density at radius 2 is 1.82 bits per heavy atom. The highest BCUT2D eigenvalue weighted by atomic mass is 32.1. The van der Waals surface area contributed by atoms with E-state index in [4.69, 9.17) is 9.47 Å². The first kappa shape index (κ1) is 25.9. The number of nitrogens with zero attached hydrogens (tertiary/aromatic N) is 1. The van der Waals surface area contributed by atoms with Crippen LogP contribution in [-0.4, -0.2) is 37.1 Å². The van der Waals surface area contributed by atoms with E-state index in [0.717, 1.165) is 47.0 Å². The highest BCUT2D eigenvalue weighted by Gasteiger charge is 2.35. The molecule has 0 bridgehead atoms. The predicted molar refractivity (Wildman–Crippen MR) is 151 cm³/mol. The lowest BCUT2D eigenvalue weighted by molar-refractivity contribution is -0.127. The lowest BCUT2D eigenvalue weighted by atomic mass is 9.95. The number of hydrogen-bond acceptors (Lipinski definition) is 5. The number of fused-ring (bicyclic) bond motifs is 1. The molecule has 0 radical (unpaired) electrons. The third-order valence-corrected chi connectivity index (χ3v) is 8.13. The monoisotopic (exact) mass is 531 g/mol. The van der Waals surface area contributed by atoms with Gasteiger partial charge in [-0.25, -0.2) is 0 Å². The molecule has 0 spiro atoms. The van der Waals surface area contributed by atoms with Gasteiger partial charge < -0.3 is 19.8 Å². The van der Waals surface area contributed by atoms with Gasteiger partial charge in [-0.15, -0.1) is 11.3 Å². The molecule has 2 amide bonds. The number of thiophene rings is 1. The number of nitrogens with one attached hydrogen (secondary N) is 2. The third-order valence-electron chi connectivity index (χ3n) is 7.20. The van der Waals surface area contributed by atoms with Gasteiger partial charge in [-0.05, 0) is 48.1 Å². The van der Waals surface area contributed by atoms with Crippen LogP contribution in [0.5, 0.6) is 11.5 Å². The molecule has 5 rings (SSSR count). The van der Waals surface area contributed by atoms with Crippen molar-refractivity contribution in [2.75, 3.05) is 19.1 Å². The lowest BCUT2D eigenvalue weighted by Crippen LogP contribution is -2.47. The SMILES string of the molecule is COc1ccc(N(C(=O)Cc2c[nH]c3ccccc23)[C@H](C(=O)NC2CCCCC2)c2cccs2)cc1OC. The van der Waals surface area contributed by atoms with Gasteiger partial charge in [0.1, 0.15) is 6.04 Å². The van der Waals surface area contributed by atoms with E-state index < -0.39 is 6.04 Å². The third kappa shape index (κ3) is 5.41. The molecule has 1 aliphatic rings. The number of rotatable bonds is 9. The van der Waals surface area contributed by atoms with E-state index in [2.05, 4.69) is 10.3 Å². The number of methoxy groups -OCH3 is 2. The largest absolute Gasteiger partial charge is 0.493 e. The van der Waals surface area contributed by atoms with Crippen molar-refractivity contribution < 1.29 is 19.1 Å². The van der Waals surface area contributed by atoms with E-state index >= 15 is 0 Å². The van der Waals surface area contributed by atoms with Crippen LogP contribution in [0, 0.1) is 0 Å². The number of amides is 2. The first-order chi connectivity index (χ1) is 18.6. The molecule has 2 heterocycles. The fourth-order valence-electron chi connectivity index (χ4n) is 5.29. The van der Waals surface area contributed by atoms with E-state index in [1.807, 2.05) is 54.0 Å². The van der Waals surface area contributed by atoms with Crippen LogP contribution in [0.3, 0.4) is 0 Å².